The van der Waals surface area contributed by atoms with E-state index >= 15 is 0 Å². The lowest BCUT2D eigenvalue weighted by Gasteiger charge is -1.98. The highest BCUT2D eigenvalue weighted by Crippen LogP contribution is 2.00. The van der Waals surface area contributed by atoms with Crippen molar-refractivity contribution in [3.05, 3.63) is 30.1 Å². The van der Waals surface area contributed by atoms with E-state index in [2.05, 4.69) is 9.72 Å². The predicted molar refractivity (Wildman–Crippen MR) is 47.5 cm³/mol. The smallest absolute Gasteiger partial charge is 0.404 e. The zero-order chi connectivity index (χ0) is 8.10. The monoisotopic (exact) mass is 207 g/mol. The Morgan fingerprint density at radius 3 is 2.58 bits per heavy atom. The molecule has 1 aromatic rings. The van der Waals surface area contributed by atoms with Gasteiger partial charge in [0.15, 0.2) is 0 Å². The topological polar surface area (TPSA) is 39.2 Å². The van der Waals surface area contributed by atoms with Crippen LogP contribution < -0.4 is 0 Å². The molecule has 1 aromatic heterocycles. The summed E-state index contributed by atoms with van der Waals surface area (Å²) in [5, 5.41) is 0. The van der Waals surface area contributed by atoms with Gasteiger partial charge in [-0.05, 0) is 17.7 Å². The summed E-state index contributed by atoms with van der Waals surface area (Å²) in [5.41, 5.74) is 0.0795. The van der Waals surface area contributed by atoms with Gasteiger partial charge < -0.3 is 4.74 Å². The second-order valence-corrected chi connectivity index (χ2v) is 2.19. The van der Waals surface area contributed by atoms with Gasteiger partial charge in [-0.2, -0.15) is 0 Å². The minimum absolute atomic E-state index is 0. The zero-order valence-electron chi connectivity index (χ0n) is 6.07. The molecule has 3 nitrogen and oxygen atoms in total. The molecule has 0 amide bonds. The lowest BCUT2D eigenvalue weighted by atomic mass is 10.3. The maximum Gasteiger partial charge on any atom is 0.404 e. The van der Waals surface area contributed by atoms with Gasteiger partial charge in [-0.1, -0.05) is 0 Å². The average molecular weight is 208 g/mol. The Bertz CT molecular complexity index is 240. The fraction of sp³-hybridized carbons (Fsp3) is 0.143. The largest absolute Gasteiger partial charge is 0.449 e. The first-order chi connectivity index (χ1) is 5.29. The second-order valence-electron chi connectivity index (χ2n) is 1.88. The molecule has 1 heterocycles. The van der Waals surface area contributed by atoms with Gasteiger partial charge >= 0.3 is 5.43 Å². The molecule has 0 aliphatic carbocycles. The number of nitrogens with zero attached hydrogens (tertiary/aromatic N) is 1. The first kappa shape index (κ1) is 11.2. The van der Waals surface area contributed by atoms with Gasteiger partial charge in [0.05, 0.1) is 0 Å². The fourth-order valence-electron chi connectivity index (χ4n) is 0.619. The van der Waals surface area contributed by atoms with Gasteiger partial charge in [0, 0.05) is 24.0 Å². The number of hydrogen-bond donors (Lipinski definition) is 0. The van der Waals surface area contributed by atoms with Gasteiger partial charge in [0.25, 0.3) is 0 Å². The number of rotatable bonds is 2. The number of hydrogen-bond acceptors (Lipinski definition) is 3. The molecule has 0 aliphatic rings. The van der Waals surface area contributed by atoms with Crippen molar-refractivity contribution >= 4 is 29.4 Å². The van der Waals surface area contributed by atoms with Crippen LogP contribution in [0.4, 0.5) is 4.79 Å². The van der Waals surface area contributed by atoms with E-state index in [1.807, 2.05) is 0 Å². The van der Waals surface area contributed by atoms with E-state index in [4.69, 9.17) is 11.6 Å². The average Bonchev–Trinajstić information content (AvgIpc) is 2.03. The molecular formula is C7H7Cl2NO2. The molecule has 66 valence electrons. The highest BCUT2D eigenvalue weighted by Gasteiger charge is 1.95. The Morgan fingerprint density at radius 1 is 1.50 bits per heavy atom. The fourth-order valence-corrected chi connectivity index (χ4v) is 0.674. The molecule has 0 saturated heterocycles. The van der Waals surface area contributed by atoms with Crippen molar-refractivity contribution in [2.45, 2.75) is 6.61 Å². The summed E-state index contributed by atoms with van der Waals surface area (Å²) in [6.07, 6.45) is 3.24. The summed E-state index contributed by atoms with van der Waals surface area (Å²) in [7, 11) is 0. The van der Waals surface area contributed by atoms with E-state index in [0.29, 0.717) is 0 Å². The second kappa shape index (κ2) is 5.80. The van der Waals surface area contributed by atoms with Crippen LogP contribution in [0.1, 0.15) is 5.56 Å². The third-order valence-electron chi connectivity index (χ3n) is 1.10. The lowest BCUT2D eigenvalue weighted by Crippen LogP contribution is -1.94. The van der Waals surface area contributed by atoms with E-state index in [-0.39, 0.29) is 19.0 Å². The maximum absolute atomic E-state index is 10.1. The van der Waals surface area contributed by atoms with Gasteiger partial charge in [-0.3, -0.25) is 4.98 Å². The summed E-state index contributed by atoms with van der Waals surface area (Å²) in [4.78, 5) is 13.9. The van der Waals surface area contributed by atoms with Gasteiger partial charge in [0.1, 0.15) is 6.61 Å². The predicted octanol–water partition coefficient (Wildman–Crippen LogP) is 2.38. The minimum atomic E-state index is -0.790. The van der Waals surface area contributed by atoms with Crippen LogP contribution in [0.3, 0.4) is 0 Å². The Morgan fingerprint density at radius 2 is 2.08 bits per heavy atom. The van der Waals surface area contributed by atoms with Crippen molar-refractivity contribution in [2.75, 3.05) is 0 Å². The summed E-state index contributed by atoms with van der Waals surface area (Å²) in [6.45, 7) is 0.199. The minimum Gasteiger partial charge on any atom is -0.449 e. The molecule has 5 heteroatoms. The van der Waals surface area contributed by atoms with Crippen LogP contribution in [-0.4, -0.2) is 10.4 Å². The van der Waals surface area contributed by atoms with Crippen LogP contribution in [0, 0.1) is 0 Å². The van der Waals surface area contributed by atoms with Crippen molar-refractivity contribution < 1.29 is 9.53 Å². The Labute approximate surface area is 81.1 Å². The van der Waals surface area contributed by atoms with Crippen molar-refractivity contribution in [3.63, 3.8) is 0 Å². The quantitative estimate of drug-likeness (QED) is 0.700. The maximum atomic E-state index is 10.1. The van der Waals surface area contributed by atoms with Crippen LogP contribution in [0.15, 0.2) is 24.5 Å². The molecule has 12 heavy (non-hydrogen) atoms. The van der Waals surface area contributed by atoms with Crippen molar-refractivity contribution in [1.29, 1.82) is 0 Å². The van der Waals surface area contributed by atoms with Crippen LogP contribution in [0.5, 0.6) is 0 Å². The lowest BCUT2D eigenvalue weighted by molar-refractivity contribution is 0.167. The van der Waals surface area contributed by atoms with E-state index in [1.165, 1.54) is 0 Å². The van der Waals surface area contributed by atoms with Gasteiger partial charge in [-0.25, -0.2) is 4.79 Å². The number of pyridine rings is 1. The van der Waals surface area contributed by atoms with Crippen LogP contribution in [-0.2, 0) is 11.3 Å². The van der Waals surface area contributed by atoms with Gasteiger partial charge in [-0.15, -0.1) is 12.4 Å². The Hall–Kier alpha value is -0.800. The number of aromatic nitrogens is 1. The molecule has 0 saturated carbocycles. The summed E-state index contributed by atoms with van der Waals surface area (Å²) in [6, 6.07) is 3.50. The summed E-state index contributed by atoms with van der Waals surface area (Å²) >= 11 is 4.95. The highest BCUT2D eigenvalue weighted by molar-refractivity contribution is 6.61. The van der Waals surface area contributed by atoms with Gasteiger partial charge in [0.2, 0.25) is 0 Å². The molecule has 0 aromatic carbocycles. The Kier molecular flexibility index (Phi) is 5.41. The number of halogens is 2. The molecule has 0 aliphatic heterocycles. The van der Waals surface area contributed by atoms with Crippen LogP contribution in [0.25, 0.3) is 0 Å². The first-order valence-corrected chi connectivity index (χ1v) is 3.38. The van der Waals surface area contributed by atoms with Crippen molar-refractivity contribution in [1.82, 2.24) is 4.98 Å². The van der Waals surface area contributed by atoms with E-state index in [0.717, 1.165) is 5.56 Å². The van der Waals surface area contributed by atoms with E-state index in [1.54, 1.807) is 24.5 Å². The molecule has 0 N–H and O–H groups in total. The van der Waals surface area contributed by atoms with Crippen molar-refractivity contribution in [3.8, 4) is 0 Å². The molecule has 0 atom stereocenters. The highest BCUT2D eigenvalue weighted by atomic mass is 35.5. The van der Waals surface area contributed by atoms with Crippen molar-refractivity contribution in [2.24, 2.45) is 0 Å². The molecule has 0 radical (unpaired) electrons. The van der Waals surface area contributed by atoms with Crippen LogP contribution in [0.2, 0.25) is 0 Å². The Balaban J connectivity index is 0.00000121. The zero-order valence-corrected chi connectivity index (χ0v) is 7.64. The molecular weight excluding hydrogens is 201 g/mol. The standard InChI is InChI=1S/C7H6ClNO2.ClH/c8-7(10)11-5-6-1-3-9-4-2-6;/h1-4H,5H2;1H. The summed E-state index contributed by atoms with van der Waals surface area (Å²) in [5.74, 6) is 0. The van der Waals surface area contributed by atoms with E-state index < -0.39 is 5.43 Å². The molecule has 1 rings (SSSR count). The number of ether oxygens (including phenoxy) is 1. The number of carbonyl (C=O) groups is 1. The molecule has 0 spiro atoms. The first-order valence-electron chi connectivity index (χ1n) is 3.00. The molecule has 0 fully saturated rings. The molecule has 0 unspecified atom stereocenters. The third kappa shape index (κ3) is 4.16. The van der Waals surface area contributed by atoms with Crippen LogP contribution >= 0.6 is 24.0 Å². The third-order valence-corrected chi connectivity index (χ3v) is 1.21. The van der Waals surface area contributed by atoms with E-state index in [9.17, 15) is 4.79 Å². The summed E-state index contributed by atoms with van der Waals surface area (Å²) < 4.78 is 4.53. The SMILES string of the molecule is Cl.O=C(Cl)OCc1ccncc1. The normalized spacial score (nSPS) is 8.42. The molecule has 0 bridgehead atoms. The number of carbonyl (C=O) groups excluding carboxylic acids is 1.